The number of nitrogens with two attached hydrogens (primary N) is 3. The number of benzene rings is 1. The zero-order chi connectivity index (χ0) is 49.1. The fraction of sp³-hybridized carbons (Fsp3) is 0.644. The predicted molar refractivity (Wildman–Crippen MR) is 249 cm³/mol. The summed E-state index contributed by atoms with van der Waals surface area (Å²) in [5.74, 6) is -5.94. The number of aliphatic hydroxyl groups is 1. The number of carbonyl (C=O) groups is 8. The van der Waals surface area contributed by atoms with Crippen LogP contribution in [0.2, 0.25) is 0 Å². The second-order valence-electron chi connectivity index (χ2n) is 18.3. The Balaban J connectivity index is 1.76. The molecule has 1 aromatic heterocycles. The minimum absolute atomic E-state index is 0.000130. The van der Waals surface area contributed by atoms with Gasteiger partial charge in [-0.3, -0.25) is 38.4 Å². The van der Waals surface area contributed by atoms with E-state index in [0.29, 0.717) is 13.0 Å². The van der Waals surface area contributed by atoms with Crippen LogP contribution in [0.25, 0.3) is 10.9 Å². The summed E-state index contributed by atoms with van der Waals surface area (Å²) in [5, 5.41) is 32.8. The molecule has 8 atom stereocenters. The Morgan fingerprint density at radius 2 is 1.06 bits per heavy atom. The molecule has 2 aromatic rings. The van der Waals surface area contributed by atoms with Gasteiger partial charge in [-0.05, 0) is 94.0 Å². The molecule has 2 heterocycles. The second kappa shape index (κ2) is 27.1. The van der Waals surface area contributed by atoms with Crippen molar-refractivity contribution < 1.29 is 43.5 Å². The third-order valence-corrected chi connectivity index (χ3v) is 11.1. The third kappa shape index (κ3) is 17.3. The van der Waals surface area contributed by atoms with Gasteiger partial charge in [0.1, 0.15) is 42.3 Å². The highest BCUT2D eigenvalue weighted by atomic mass is 16.3. The Morgan fingerprint density at radius 1 is 0.621 bits per heavy atom. The van der Waals surface area contributed by atoms with Crippen molar-refractivity contribution in [1.82, 2.24) is 47.5 Å². The highest BCUT2D eigenvalue weighted by molar-refractivity contribution is 5.98. The average Bonchev–Trinajstić information content (AvgIpc) is 3.95. The van der Waals surface area contributed by atoms with Crippen LogP contribution in [0.4, 0.5) is 0 Å². The van der Waals surface area contributed by atoms with Crippen LogP contribution < -0.4 is 59.7 Å². The quantitative estimate of drug-likeness (QED) is 0.0449. The number of nitrogens with one attached hydrogen (secondary N) is 9. The van der Waals surface area contributed by atoms with Crippen LogP contribution in [0.3, 0.4) is 0 Å². The Labute approximate surface area is 386 Å². The number of H-pyrrole nitrogens is 1. The number of amides is 8. The van der Waals surface area contributed by atoms with Gasteiger partial charge < -0.3 is 69.8 Å². The molecule has 1 aliphatic heterocycles. The first kappa shape index (κ1) is 54.7. The van der Waals surface area contributed by atoms with E-state index in [1.807, 2.05) is 52.0 Å². The van der Waals surface area contributed by atoms with Gasteiger partial charge in [-0.2, -0.15) is 0 Å². The van der Waals surface area contributed by atoms with Gasteiger partial charge >= 0.3 is 0 Å². The van der Waals surface area contributed by atoms with Crippen LogP contribution in [0.5, 0.6) is 0 Å². The number of aromatic nitrogens is 1. The van der Waals surface area contributed by atoms with Crippen LogP contribution in [0.1, 0.15) is 92.1 Å². The normalized spacial score (nSPS) is 16.9. The molecule has 1 aromatic carbocycles. The van der Waals surface area contributed by atoms with Gasteiger partial charge in [0.05, 0.1) is 12.6 Å². The number of carbonyl (C=O) groups excluding carboxylic acids is 8. The standard InChI is InChI=1S/C45H74N12O9/c1-24(2)18-33(38(48)59)53-40(61)31(13-15-46)51-42(63)34(19-25(3)4)55-45(66)37(23-58)57-43(64)35(20-26(5)6)54-41(62)32(14-16-47)52-44(65)36(56-39(60)30-12-9-17-49-30)21-27-22-50-29-11-8-7-10-28(27)29/h7-8,10-11,22,24-26,30-37,49-50,58H,9,12-21,23,46-47H2,1-6H3,(H2,48,59)(H,51,63)(H,52,65)(H,53,61)(H,54,62)(H,55,66)(H,56,60)(H,57,64)/t30-,31-,32-,33-,34-,35-,36-,37-/m0/s1. The zero-order valence-electron chi connectivity index (χ0n) is 39.2. The number of para-hydroxylation sites is 1. The van der Waals surface area contributed by atoms with E-state index in [2.05, 4.69) is 47.5 Å². The number of primary amides is 1. The molecule has 0 bridgehead atoms. The van der Waals surface area contributed by atoms with Crippen molar-refractivity contribution in [3.8, 4) is 0 Å². The minimum Gasteiger partial charge on any atom is -0.394 e. The molecule has 3 rings (SSSR count). The molecule has 1 fully saturated rings. The van der Waals surface area contributed by atoms with Crippen molar-refractivity contribution in [2.75, 3.05) is 26.2 Å². The number of hydrogen-bond acceptors (Lipinski definition) is 12. The SMILES string of the molecule is CC(C)C[C@H](NC(=O)[C@H](CCN)NC(=O)[C@H](CC(C)C)NC(=O)[C@H](CO)NC(=O)[C@H](CC(C)C)NC(=O)[C@H](CCN)NC(=O)[C@H](Cc1c[nH]c2ccccc12)NC(=O)[C@@H]1CCCN1)C(N)=O. The van der Waals surface area contributed by atoms with Gasteiger partial charge in [-0.15, -0.1) is 0 Å². The van der Waals surface area contributed by atoms with Crippen LogP contribution in [0.15, 0.2) is 30.5 Å². The first-order valence-electron chi connectivity index (χ1n) is 23.0. The monoisotopic (exact) mass is 927 g/mol. The lowest BCUT2D eigenvalue weighted by molar-refractivity contribution is -0.136. The van der Waals surface area contributed by atoms with Gasteiger partial charge in [0.2, 0.25) is 47.3 Å². The predicted octanol–water partition coefficient (Wildman–Crippen LogP) is -1.83. The third-order valence-electron chi connectivity index (χ3n) is 11.1. The molecule has 8 amide bonds. The number of hydrogen-bond donors (Lipinski definition) is 13. The van der Waals surface area contributed by atoms with Gasteiger partial charge in [0.15, 0.2) is 0 Å². The summed E-state index contributed by atoms with van der Waals surface area (Å²) in [7, 11) is 0. The van der Waals surface area contributed by atoms with E-state index in [4.69, 9.17) is 17.2 Å². The summed E-state index contributed by atoms with van der Waals surface area (Å²) in [6.07, 6.45) is 3.71. The lowest BCUT2D eigenvalue weighted by Gasteiger charge is -2.28. The van der Waals surface area contributed by atoms with E-state index < -0.39 is 96.3 Å². The Hall–Kier alpha value is -5.64. The van der Waals surface area contributed by atoms with Crippen molar-refractivity contribution in [3.05, 3.63) is 36.0 Å². The Kier molecular flexibility index (Phi) is 22.5. The van der Waals surface area contributed by atoms with Crippen molar-refractivity contribution in [1.29, 1.82) is 0 Å². The fourth-order valence-electron chi connectivity index (χ4n) is 7.73. The highest BCUT2D eigenvalue weighted by Crippen LogP contribution is 2.20. The topological polar surface area (TPSA) is 347 Å². The maximum atomic E-state index is 14.0. The van der Waals surface area contributed by atoms with Crippen molar-refractivity contribution in [3.63, 3.8) is 0 Å². The van der Waals surface area contributed by atoms with Crippen molar-refractivity contribution >= 4 is 58.2 Å². The number of rotatable bonds is 28. The molecule has 1 aliphatic rings. The van der Waals surface area contributed by atoms with Gasteiger partial charge in [-0.25, -0.2) is 0 Å². The first-order valence-corrected chi connectivity index (χ1v) is 23.0. The molecule has 21 heteroatoms. The van der Waals surface area contributed by atoms with E-state index in [1.54, 1.807) is 20.0 Å². The van der Waals surface area contributed by atoms with E-state index in [0.717, 1.165) is 22.9 Å². The smallest absolute Gasteiger partial charge is 0.245 e. The maximum Gasteiger partial charge on any atom is 0.245 e. The van der Waals surface area contributed by atoms with Crippen LogP contribution in [-0.4, -0.2) is 132 Å². The first-order chi connectivity index (χ1) is 31.3. The van der Waals surface area contributed by atoms with Crippen molar-refractivity contribution in [2.45, 2.75) is 141 Å². The summed E-state index contributed by atoms with van der Waals surface area (Å²) in [4.78, 5) is 111. The van der Waals surface area contributed by atoms with Crippen LogP contribution in [-0.2, 0) is 44.8 Å². The summed E-state index contributed by atoms with van der Waals surface area (Å²) >= 11 is 0. The average molecular weight is 927 g/mol. The van der Waals surface area contributed by atoms with Crippen LogP contribution >= 0.6 is 0 Å². The Bertz CT molecular complexity index is 1950. The van der Waals surface area contributed by atoms with Gasteiger partial charge in [-0.1, -0.05) is 59.7 Å². The van der Waals surface area contributed by atoms with E-state index >= 15 is 0 Å². The molecule has 21 nitrogen and oxygen atoms in total. The summed E-state index contributed by atoms with van der Waals surface area (Å²) in [6, 6.07) is -1.50. The van der Waals surface area contributed by atoms with Gasteiger partial charge in [0, 0.05) is 23.5 Å². The lowest BCUT2D eigenvalue weighted by atomic mass is 10.0. The molecule has 66 heavy (non-hydrogen) atoms. The Morgan fingerprint density at radius 3 is 1.53 bits per heavy atom. The highest BCUT2D eigenvalue weighted by Gasteiger charge is 2.35. The number of aromatic amines is 1. The molecule has 0 radical (unpaired) electrons. The van der Waals surface area contributed by atoms with Crippen molar-refractivity contribution in [2.24, 2.45) is 35.0 Å². The molecule has 1 saturated heterocycles. The van der Waals surface area contributed by atoms with Gasteiger partial charge in [0.25, 0.3) is 0 Å². The molecular formula is C45H74N12O9. The molecular weight excluding hydrogens is 853 g/mol. The summed E-state index contributed by atoms with van der Waals surface area (Å²) in [5.41, 5.74) is 18.8. The zero-order valence-corrected chi connectivity index (χ0v) is 39.2. The minimum atomic E-state index is -1.58. The second-order valence-corrected chi connectivity index (χ2v) is 18.3. The largest absolute Gasteiger partial charge is 0.394 e. The van der Waals surface area contributed by atoms with Crippen LogP contribution in [0, 0.1) is 17.8 Å². The molecule has 0 spiro atoms. The molecule has 0 saturated carbocycles. The summed E-state index contributed by atoms with van der Waals surface area (Å²) in [6.45, 7) is 10.7. The molecule has 368 valence electrons. The van der Waals surface area contributed by atoms with E-state index in [1.165, 1.54) is 0 Å². The fourth-order valence-corrected chi connectivity index (χ4v) is 7.73. The number of aliphatic hydroxyl groups excluding tert-OH is 1. The summed E-state index contributed by atoms with van der Waals surface area (Å²) < 4.78 is 0. The molecule has 0 aliphatic carbocycles. The lowest BCUT2D eigenvalue weighted by Crippen LogP contribution is -2.61. The molecule has 16 N–H and O–H groups in total. The molecule has 0 unspecified atom stereocenters. The maximum absolute atomic E-state index is 14.0. The number of fused-ring (bicyclic) bond motifs is 1. The van der Waals surface area contributed by atoms with E-state index in [9.17, 15) is 43.5 Å². The van der Waals surface area contributed by atoms with E-state index in [-0.39, 0.29) is 75.3 Å².